The molecule has 1 N–H and O–H groups in total. The van der Waals surface area contributed by atoms with Crippen molar-refractivity contribution in [3.8, 4) is 0 Å². The van der Waals surface area contributed by atoms with Crippen molar-refractivity contribution in [3.63, 3.8) is 0 Å². The zero-order valence-corrected chi connectivity index (χ0v) is 13.9. The zero-order valence-electron chi connectivity index (χ0n) is 12.3. The first kappa shape index (κ1) is 15.2. The highest BCUT2D eigenvalue weighted by Crippen LogP contribution is 2.25. The second-order valence-electron chi connectivity index (χ2n) is 4.78. The van der Waals surface area contributed by atoms with Gasteiger partial charge in [-0.1, -0.05) is 30.0 Å². The summed E-state index contributed by atoms with van der Waals surface area (Å²) in [5.74, 6) is 1.61. The Morgan fingerprint density at radius 2 is 2.14 bits per heavy atom. The molecule has 5 nitrogen and oxygen atoms in total. The average molecular weight is 333 g/mol. The fraction of sp³-hybridized carbons (Fsp3) is 0.267. The summed E-state index contributed by atoms with van der Waals surface area (Å²) in [6, 6.07) is 7.82. The SMILES string of the molecule is CSCc1nnc(SCC(=O)c2c(C)[nH]c3ccccc23)o1. The van der Waals surface area contributed by atoms with Crippen molar-refractivity contribution in [1.82, 2.24) is 15.2 Å². The molecule has 0 saturated carbocycles. The minimum absolute atomic E-state index is 0.0598. The van der Waals surface area contributed by atoms with E-state index in [0.717, 1.165) is 22.2 Å². The van der Waals surface area contributed by atoms with Crippen molar-refractivity contribution in [2.24, 2.45) is 0 Å². The molecule has 2 aromatic heterocycles. The smallest absolute Gasteiger partial charge is 0.277 e. The van der Waals surface area contributed by atoms with Gasteiger partial charge in [0.15, 0.2) is 5.78 Å². The lowest BCUT2D eigenvalue weighted by Gasteiger charge is -1.99. The molecule has 0 radical (unpaired) electrons. The molecular weight excluding hydrogens is 318 g/mol. The summed E-state index contributed by atoms with van der Waals surface area (Å²) in [5.41, 5.74) is 2.61. The van der Waals surface area contributed by atoms with E-state index in [4.69, 9.17) is 4.42 Å². The number of benzene rings is 1. The molecule has 0 aliphatic rings. The lowest BCUT2D eigenvalue weighted by molar-refractivity contribution is 0.102. The first-order chi connectivity index (χ1) is 10.7. The van der Waals surface area contributed by atoms with Crippen molar-refractivity contribution >= 4 is 40.2 Å². The summed E-state index contributed by atoms with van der Waals surface area (Å²) in [4.78, 5) is 15.8. The van der Waals surface area contributed by atoms with Crippen molar-refractivity contribution in [2.75, 3.05) is 12.0 Å². The van der Waals surface area contributed by atoms with Gasteiger partial charge >= 0.3 is 0 Å². The van der Waals surface area contributed by atoms with Crippen LogP contribution < -0.4 is 0 Å². The number of hydrogen-bond donors (Lipinski definition) is 1. The summed E-state index contributed by atoms with van der Waals surface area (Å²) >= 11 is 2.90. The summed E-state index contributed by atoms with van der Waals surface area (Å²) in [6.45, 7) is 1.92. The van der Waals surface area contributed by atoms with Gasteiger partial charge in [-0.15, -0.1) is 10.2 Å². The Labute approximate surface area is 136 Å². The van der Waals surface area contributed by atoms with Gasteiger partial charge < -0.3 is 9.40 Å². The number of fused-ring (bicyclic) bond motifs is 1. The van der Waals surface area contributed by atoms with Crippen LogP contribution in [0.25, 0.3) is 10.9 Å². The number of H-pyrrole nitrogens is 1. The number of aryl methyl sites for hydroxylation is 1. The molecule has 2 heterocycles. The quantitative estimate of drug-likeness (QED) is 0.548. The van der Waals surface area contributed by atoms with Crippen LogP contribution in [-0.4, -0.2) is 33.0 Å². The second-order valence-corrected chi connectivity index (χ2v) is 6.57. The Morgan fingerprint density at radius 3 is 2.95 bits per heavy atom. The largest absolute Gasteiger partial charge is 0.415 e. The number of thioether (sulfide) groups is 2. The number of nitrogens with zero attached hydrogens (tertiary/aromatic N) is 2. The fourth-order valence-electron chi connectivity index (χ4n) is 2.31. The molecule has 0 fully saturated rings. The maximum atomic E-state index is 12.5. The Bertz CT molecular complexity index is 810. The number of para-hydroxylation sites is 1. The number of aromatic amines is 1. The number of ketones is 1. The molecule has 3 rings (SSSR count). The molecule has 0 aliphatic heterocycles. The zero-order chi connectivity index (χ0) is 15.5. The van der Waals surface area contributed by atoms with E-state index >= 15 is 0 Å². The van der Waals surface area contributed by atoms with Crippen molar-refractivity contribution < 1.29 is 9.21 Å². The van der Waals surface area contributed by atoms with Crippen LogP contribution in [0.15, 0.2) is 33.9 Å². The number of carbonyl (C=O) groups excluding carboxylic acids is 1. The Morgan fingerprint density at radius 1 is 1.32 bits per heavy atom. The Kier molecular flexibility index (Phi) is 4.54. The summed E-state index contributed by atoms with van der Waals surface area (Å²) in [6.07, 6.45) is 1.97. The second kappa shape index (κ2) is 6.58. The number of hydrogen-bond acceptors (Lipinski definition) is 6. The van der Waals surface area contributed by atoms with Crippen LogP contribution in [0.3, 0.4) is 0 Å². The Balaban J connectivity index is 1.74. The normalized spacial score (nSPS) is 11.2. The van der Waals surface area contributed by atoms with Crippen LogP contribution in [0.5, 0.6) is 0 Å². The van der Waals surface area contributed by atoms with Crippen LogP contribution in [0.4, 0.5) is 0 Å². The van der Waals surface area contributed by atoms with Gasteiger partial charge in [0.25, 0.3) is 5.22 Å². The van der Waals surface area contributed by atoms with E-state index in [9.17, 15) is 4.79 Å². The van der Waals surface area contributed by atoms with Gasteiger partial charge in [0, 0.05) is 22.2 Å². The number of rotatable bonds is 6. The summed E-state index contributed by atoms with van der Waals surface area (Å²) in [7, 11) is 0. The number of nitrogens with one attached hydrogen (secondary N) is 1. The van der Waals surface area contributed by atoms with Crippen molar-refractivity contribution in [3.05, 3.63) is 41.4 Å². The summed E-state index contributed by atoms with van der Waals surface area (Å²) < 4.78 is 5.47. The van der Waals surface area contributed by atoms with E-state index in [2.05, 4.69) is 15.2 Å². The monoisotopic (exact) mass is 333 g/mol. The molecular formula is C15H15N3O2S2. The molecule has 0 atom stereocenters. The van der Waals surface area contributed by atoms with Crippen LogP contribution in [0, 0.1) is 6.92 Å². The molecule has 0 saturated heterocycles. The maximum Gasteiger partial charge on any atom is 0.277 e. The number of aromatic nitrogens is 3. The van der Waals surface area contributed by atoms with Crippen molar-refractivity contribution in [1.29, 1.82) is 0 Å². The van der Waals surface area contributed by atoms with E-state index in [-0.39, 0.29) is 11.5 Å². The predicted molar refractivity (Wildman–Crippen MR) is 89.6 cm³/mol. The van der Waals surface area contributed by atoms with E-state index < -0.39 is 0 Å². The standard InChI is InChI=1S/C15H15N3O2S2/c1-9-14(10-5-3-4-6-11(10)16-9)12(19)7-22-15-18-17-13(20-15)8-21-2/h3-6,16H,7-8H2,1-2H3. The molecule has 0 bridgehead atoms. The van der Waals surface area contributed by atoms with E-state index in [1.807, 2.05) is 37.4 Å². The van der Waals surface area contributed by atoms with E-state index in [1.165, 1.54) is 11.8 Å². The highest BCUT2D eigenvalue weighted by Gasteiger charge is 2.17. The average Bonchev–Trinajstić information content (AvgIpc) is 3.08. The topological polar surface area (TPSA) is 71.8 Å². The lowest BCUT2D eigenvalue weighted by atomic mass is 10.1. The molecule has 0 aliphatic carbocycles. The first-order valence-electron chi connectivity index (χ1n) is 6.73. The van der Waals surface area contributed by atoms with Gasteiger partial charge in [0.1, 0.15) is 0 Å². The van der Waals surface area contributed by atoms with Gasteiger partial charge in [-0.2, -0.15) is 11.8 Å². The van der Waals surface area contributed by atoms with Gasteiger partial charge in [0.05, 0.1) is 11.5 Å². The third-order valence-corrected chi connectivity index (χ3v) is 4.57. The van der Waals surface area contributed by atoms with E-state index in [0.29, 0.717) is 16.9 Å². The van der Waals surface area contributed by atoms with Crippen LogP contribution >= 0.6 is 23.5 Å². The van der Waals surface area contributed by atoms with Gasteiger partial charge in [-0.05, 0) is 19.2 Å². The van der Waals surface area contributed by atoms with E-state index in [1.54, 1.807) is 11.8 Å². The number of carbonyl (C=O) groups is 1. The highest BCUT2D eigenvalue weighted by molar-refractivity contribution is 7.99. The molecule has 0 spiro atoms. The first-order valence-corrected chi connectivity index (χ1v) is 9.11. The van der Waals surface area contributed by atoms with Crippen LogP contribution in [0.2, 0.25) is 0 Å². The van der Waals surface area contributed by atoms with Crippen molar-refractivity contribution in [2.45, 2.75) is 17.9 Å². The number of Topliss-reactive ketones (excluding diaryl/α,β-unsaturated/α-hetero) is 1. The van der Waals surface area contributed by atoms with Crippen LogP contribution in [-0.2, 0) is 5.75 Å². The molecule has 1 aromatic carbocycles. The molecule has 0 amide bonds. The van der Waals surface area contributed by atoms with Gasteiger partial charge in [0.2, 0.25) is 5.89 Å². The van der Waals surface area contributed by atoms with Gasteiger partial charge in [-0.25, -0.2) is 0 Å². The lowest BCUT2D eigenvalue weighted by Crippen LogP contribution is -2.03. The summed E-state index contributed by atoms with van der Waals surface area (Å²) in [5, 5.41) is 9.28. The molecule has 22 heavy (non-hydrogen) atoms. The maximum absolute atomic E-state index is 12.5. The highest BCUT2D eigenvalue weighted by atomic mass is 32.2. The van der Waals surface area contributed by atoms with Crippen LogP contribution in [0.1, 0.15) is 21.9 Å². The predicted octanol–water partition coefficient (Wildman–Crippen LogP) is 3.70. The minimum atomic E-state index is 0.0598. The molecule has 0 unspecified atom stereocenters. The van der Waals surface area contributed by atoms with Gasteiger partial charge in [-0.3, -0.25) is 4.79 Å². The third kappa shape index (κ3) is 3.05. The molecule has 3 aromatic rings. The Hall–Kier alpha value is -1.73. The molecule has 7 heteroatoms. The minimum Gasteiger partial charge on any atom is -0.415 e. The third-order valence-electron chi connectivity index (χ3n) is 3.22. The molecule has 114 valence electrons. The fourth-order valence-corrected chi connectivity index (χ4v) is 3.33.